The molecule has 9 nitrogen and oxygen atoms in total. The summed E-state index contributed by atoms with van der Waals surface area (Å²) >= 11 is 1.08. The largest absolute Gasteiger partial charge is 0.497 e. The standard InChI is InChI=1S/C24H21N3O6S2/c1-26-19-12-7-15(13-22(19)34-24(26)29)25-23(28)21-14-27(18-5-3-4-6-20(18)33-21)35(30,31)17-10-8-16(32-2)9-11-17/h3-13,21H,14H2,1-2H3,(H,25,28). The van der Waals surface area contributed by atoms with Crippen LogP contribution in [-0.4, -0.2) is 38.7 Å². The van der Waals surface area contributed by atoms with E-state index in [-0.39, 0.29) is 22.1 Å². The van der Waals surface area contributed by atoms with Crippen molar-refractivity contribution in [1.82, 2.24) is 4.57 Å². The second-order valence-electron chi connectivity index (χ2n) is 7.88. The van der Waals surface area contributed by atoms with E-state index in [9.17, 15) is 18.0 Å². The molecule has 1 N–H and O–H groups in total. The zero-order valence-corrected chi connectivity index (χ0v) is 20.4. The van der Waals surface area contributed by atoms with Crippen LogP contribution in [0.2, 0.25) is 0 Å². The first-order chi connectivity index (χ1) is 16.8. The number of nitrogens with one attached hydrogen (secondary N) is 1. The van der Waals surface area contributed by atoms with Crippen molar-refractivity contribution in [2.45, 2.75) is 11.0 Å². The molecule has 1 aromatic heterocycles. The van der Waals surface area contributed by atoms with E-state index >= 15 is 0 Å². The maximum absolute atomic E-state index is 13.5. The Labute approximate surface area is 205 Å². The summed E-state index contributed by atoms with van der Waals surface area (Å²) in [6.07, 6.45) is -1.09. The van der Waals surface area contributed by atoms with Crippen molar-refractivity contribution < 1.29 is 22.7 Å². The third-order valence-electron chi connectivity index (χ3n) is 5.73. The van der Waals surface area contributed by atoms with Gasteiger partial charge in [0.2, 0.25) is 0 Å². The number of hydrogen-bond acceptors (Lipinski definition) is 7. The van der Waals surface area contributed by atoms with Crippen molar-refractivity contribution in [3.8, 4) is 11.5 Å². The number of nitrogens with zero attached hydrogens (tertiary/aromatic N) is 2. The van der Waals surface area contributed by atoms with E-state index in [1.807, 2.05) is 0 Å². The van der Waals surface area contributed by atoms with Crippen molar-refractivity contribution in [3.63, 3.8) is 0 Å². The highest BCUT2D eigenvalue weighted by atomic mass is 32.2. The quantitative estimate of drug-likeness (QED) is 0.441. The number of para-hydroxylation sites is 2. The number of aromatic nitrogens is 1. The minimum atomic E-state index is -3.99. The van der Waals surface area contributed by atoms with Gasteiger partial charge in [-0.1, -0.05) is 23.5 Å². The van der Waals surface area contributed by atoms with Crippen LogP contribution in [0.5, 0.6) is 11.5 Å². The number of carbonyl (C=O) groups is 1. The van der Waals surface area contributed by atoms with E-state index < -0.39 is 22.0 Å². The Kier molecular flexibility index (Phi) is 5.73. The summed E-state index contributed by atoms with van der Waals surface area (Å²) in [5, 5.41) is 2.78. The van der Waals surface area contributed by atoms with E-state index in [0.717, 1.165) is 21.6 Å². The van der Waals surface area contributed by atoms with Gasteiger partial charge in [-0.15, -0.1) is 0 Å². The van der Waals surface area contributed by atoms with Gasteiger partial charge in [-0.3, -0.25) is 13.9 Å². The summed E-state index contributed by atoms with van der Waals surface area (Å²) in [6, 6.07) is 17.9. The Bertz CT molecular complexity index is 1590. The smallest absolute Gasteiger partial charge is 0.307 e. The number of sulfonamides is 1. The molecule has 0 bridgehead atoms. The lowest BCUT2D eigenvalue weighted by atomic mass is 10.2. The van der Waals surface area contributed by atoms with Gasteiger partial charge in [0.05, 0.1) is 34.5 Å². The van der Waals surface area contributed by atoms with Crippen LogP contribution in [0.1, 0.15) is 0 Å². The van der Waals surface area contributed by atoms with Crippen LogP contribution in [0.25, 0.3) is 10.2 Å². The van der Waals surface area contributed by atoms with Crippen LogP contribution in [-0.2, 0) is 21.9 Å². The van der Waals surface area contributed by atoms with Gasteiger partial charge in [-0.2, -0.15) is 0 Å². The SMILES string of the molecule is COc1ccc(S(=O)(=O)N2CC(C(=O)Nc3ccc4c(c3)sc(=O)n4C)Oc3ccccc32)cc1. The molecular formula is C24H21N3O6S2. The Morgan fingerprint density at radius 1 is 1.11 bits per heavy atom. The molecule has 0 radical (unpaired) electrons. The molecule has 0 spiro atoms. The van der Waals surface area contributed by atoms with Crippen molar-refractivity contribution in [3.05, 3.63) is 76.4 Å². The van der Waals surface area contributed by atoms with Crippen molar-refractivity contribution in [2.24, 2.45) is 7.05 Å². The number of fused-ring (bicyclic) bond motifs is 2. The predicted molar refractivity (Wildman–Crippen MR) is 134 cm³/mol. The molecule has 3 aromatic carbocycles. The molecule has 0 saturated carbocycles. The molecule has 2 heterocycles. The highest BCUT2D eigenvalue weighted by Crippen LogP contribution is 2.37. The number of benzene rings is 3. The van der Waals surface area contributed by atoms with Crippen molar-refractivity contribution in [2.75, 3.05) is 23.3 Å². The second kappa shape index (κ2) is 8.75. The minimum Gasteiger partial charge on any atom is -0.497 e. The van der Waals surface area contributed by atoms with Crippen LogP contribution in [0.4, 0.5) is 11.4 Å². The number of thiazole rings is 1. The third kappa shape index (κ3) is 4.13. The summed E-state index contributed by atoms with van der Waals surface area (Å²) in [4.78, 5) is 25.0. The molecular weight excluding hydrogens is 490 g/mol. The highest BCUT2D eigenvalue weighted by Gasteiger charge is 2.37. The Balaban J connectivity index is 1.45. The molecule has 1 unspecified atom stereocenters. The van der Waals surface area contributed by atoms with Gasteiger partial charge >= 0.3 is 4.87 Å². The second-order valence-corrected chi connectivity index (χ2v) is 10.7. The lowest BCUT2D eigenvalue weighted by Gasteiger charge is -2.34. The normalized spacial score (nSPS) is 15.4. The molecule has 0 aliphatic carbocycles. The molecule has 11 heteroatoms. The summed E-state index contributed by atoms with van der Waals surface area (Å²) < 4.78 is 41.5. The van der Waals surface area contributed by atoms with Crippen LogP contribution in [0, 0.1) is 0 Å². The Hall–Kier alpha value is -3.83. The number of aryl methyl sites for hydroxylation is 1. The van der Waals surface area contributed by atoms with Gasteiger partial charge in [-0.05, 0) is 54.6 Å². The number of anilines is 2. The summed E-state index contributed by atoms with van der Waals surface area (Å²) in [7, 11) is -0.803. The molecule has 35 heavy (non-hydrogen) atoms. The van der Waals surface area contributed by atoms with E-state index in [2.05, 4.69) is 5.32 Å². The van der Waals surface area contributed by atoms with Gasteiger partial charge in [0.1, 0.15) is 11.5 Å². The Morgan fingerprint density at radius 2 is 1.86 bits per heavy atom. The number of carbonyl (C=O) groups excluding carboxylic acids is 1. The zero-order chi connectivity index (χ0) is 24.7. The highest BCUT2D eigenvalue weighted by molar-refractivity contribution is 7.92. The molecule has 180 valence electrons. The van der Waals surface area contributed by atoms with Gasteiger partial charge in [-0.25, -0.2) is 8.42 Å². The molecule has 1 atom stereocenters. The van der Waals surface area contributed by atoms with Crippen molar-refractivity contribution in [1.29, 1.82) is 0 Å². The lowest BCUT2D eigenvalue weighted by molar-refractivity contribution is -0.122. The number of ether oxygens (including phenoxy) is 2. The average Bonchev–Trinajstić information content (AvgIpc) is 3.15. The monoisotopic (exact) mass is 511 g/mol. The predicted octanol–water partition coefficient (Wildman–Crippen LogP) is 3.20. The molecule has 1 aliphatic heterocycles. The number of amides is 1. The summed E-state index contributed by atoms with van der Waals surface area (Å²) in [5.74, 6) is 0.314. The number of hydrogen-bond donors (Lipinski definition) is 1. The maximum atomic E-state index is 13.5. The molecule has 1 aliphatic rings. The molecule has 0 fully saturated rings. The van der Waals surface area contributed by atoms with E-state index in [1.165, 1.54) is 28.1 Å². The summed E-state index contributed by atoms with van der Waals surface area (Å²) in [6.45, 7) is -0.210. The fourth-order valence-corrected chi connectivity index (χ4v) is 6.27. The van der Waals surface area contributed by atoms with E-state index in [1.54, 1.807) is 61.6 Å². The van der Waals surface area contributed by atoms with E-state index in [4.69, 9.17) is 9.47 Å². The first kappa shape index (κ1) is 22.9. The van der Waals surface area contributed by atoms with Crippen LogP contribution < -0.4 is 24.0 Å². The number of rotatable bonds is 5. The summed E-state index contributed by atoms with van der Waals surface area (Å²) in [5.41, 5.74) is 1.59. The number of methoxy groups -OCH3 is 1. The molecule has 5 rings (SSSR count). The zero-order valence-electron chi connectivity index (χ0n) is 18.8. The third-order valence-corrected chi connectivity index (χ3v) is 8.52. The first-order valence-corrected chi connectivity index (χ1v) is 12.9. The lowest BCUT2D eigenvalue weighted by Crippen LogP contribution is -2.48. The maximum Gasteiger partial charge on any atom is 0.307 e. The minimum absolute atomic E-state index is 0.0681. The Morgan fingerprint density at radius 3 is 2.60 bits per heavy atom. The van der Waals surface area contributed by atoms with Gasteiger partial charge < -0.3 is 19.4 Å². The first-order valence-electron chi connectivity index (χ1n) is 10.6. The van der Waals surface area contributed by atoms with Crippen LogP contribution in [0.15, 0.2) is 76.4 Å². The molecule has 0 saturated heterocycles. The van der Waals surface area contributed by atoms with E-state index in [0.29, 0.717) is 17.1 Å². The van der Waals surface area contributed by atoms with Gasteiger partial charge in [0.15, 0.2) is 6.10 Å². The van der Waals surface area contributed by atoms with Crippen LogP contribution >= 0.6 is 11.3 Å². The molecule has 4 aromatic rings. The fourth-order valence-electron chi connectivity index (χ4n) is 3.88. The van der Waals surface area contributed by atoms with Gasteiger partial charge in [0, 0.05) is 12.7 Å². The van der Waals surface area contributed by atoms with Crippen molar-refractivity contribution >= 4 is 48.9 Å². The molecule has 1 amide bonds. The van der Waals surface area contributed by atoms with Crippen LogP contribution in [0.3, 0.4) is 0 Å². The average molecular weight is 512 g/mol. The van der Waals surface area contributed by atoms with Gasteiger partial charge in [0.25, 0.3) is 15.9 Å². The fraction of sp³-hybridized carbons (Fsp3) is 0.167. The topological polar surface area (TPSA) is 107 Å².